The lowest BCUT2D eigenvalue weighted by Gasteiger charge is -2.31. The van der Waals surface area contributed by atoms with Crippen molar-refractivity contribution in [3.8, 4) is 0 Å². The van der Waals surface area contributed by atoms with Crippen molar-refractivity contribution in [2.75, 3.05) is 32.8 Å². The molecule has 1 rings (SSSR count). The lowest BCUT2D eigenvalue weighted by molar-refractivity contribution is -0.129. The van der Waals surface area contributed by atoms with Crippen LogP contribution in [-0.4, -0.2) is 55.7 Å². The number of piperidine rings is 1. The largest absolute Gasteiger partial charge is 0.382 e. The van der Waals surface area contributed by atoms with E-state index in [4.69, 9.17) is 4.74 Å². The van der Waals surface area contributed by atoms with Gasteiger partial charge < -0.3 is 20.3 Å². The van der Waals surface area contributed by atoms with Gasteiger partial charge in [-0.25, -0.2) is 4.79 Å². The van der Waals surface area contributed by atoms with Crippen LogP contribution in [0, 0.1) is 0 Å². The monoisotopic (exact) mass is 271 g/mol. The minimum absolute atomic E-state index is 0.110. The molecule has 0 radical (unpaired) electrons. The highest BCUT2D eigenvalue weighted by Gasteiger charge is 2.21. The van der Waals surface area contributed by atoms with E-state index in [2.05, 4.69) is 10.6 Å². The molecule has 1 saturated heterocycles. The zero-order valence-electron chi connectivity index (χ0n) is 11.9. The average Bonchev–Trinajstić information content (AvgIpc) is 2.39. The highest BCUT2D eigenvalue weighted by atomic mass is 16.5. The molecule has 110 valence electrons. The maximum absolute atomic E-state index is 11.6. The summed E-state index contributed by atoms with van der Waals surface area (Å²) in [5.74, 6) is 0.110. The van der Waals surface area contributed by atoms with Crippen molar-refractivity contribution in [3.05, 3.63) is 0 Å². The molecule has 0 aliphatic carbocycles. The molecular formula is C13H25N3O3. The van der Waals surface area contributed by atoms with Crippen LogP contribution in [0.2, 0.25) is 0 Å². The molecule has 0 atom stereocenters. The second kappa shape index (κ2) is 8.74. The van der Waals surface area contributed by atoms with Gasteiger partial charge in [0.15, 0.2) is 0 Å². The zero-order chi connectivity index (χ0) is 14.1. The Morgan fingerprint density at radius 1 is 1.32 bits per heavy atom. The Kier molecular flexibility index (Phi) is 7.25. The number of urea groups is 1. The van der Waals surface area contributed by atoms with Crippen LogP contribution in [-0.2, 0) is 9.53 Å². The van der Waals surface area contributed by atoms with Crippen LogP contribution in [0.15, 0.2) is 0 Å². The molecule has 1 heterocycles. The van der Waals surface area contributed by atoms with E-state index in [1.54, 1.807) is 6.92 Å². The van der Waals surface area contributed by atoms with Crippen molar-refractivity contribution >= 4 is 11.9 Å². The van der Waals surface area contributed by atoms with Gasteiger partial charge in [-0.15, -0.1) is 0 Å². The van der Waals surface area contributed by atoms with Gasteiger partial charge in [0.1, 0.15) is 0 Å². The zero-order valence-corrected chi connectivity index (χ0v) is 11.9. The molecule has 19 heavy (non-hydrogen) atoms. The second-order valence-corrected chi connectivity index (χ2v) is 4.73. The minimum Gasteiger partial charge on any atom is -0.382 e. The molecule has 1 aliphatic heterocycles. The molecular weight excluding hydrogens is 246 g/mol. The fourth-order valence-electron chi connectivity index (χ4n) is 2.10. The number of nitrogens with zero attached hydrogens (tertiary/aromatic N) is 1. The molecule has 3 amide bonds. The summed E-state index contributed by atoms with van der Waals surface area (Å²) in [6.45, 7) is 6.99. The highest BCUT2D eigenvalue weighted by molar-refractivity contribution is 5.74. The van der Waals surface area contributed by atoms with Gasteiger partial charge in [-0.3, -0.25) is 4.79 Å². The fraction of sp³-hybridized carbons (Fsp3) is 0.846. The van der Waals surface area contributed by atoms with E-state index in [0.717, 1.165) is 32.4 Å². The third kappa shape index (κ3) is 6.42. The summed E-state index contributed by atoms with van der Waals surface area (Å²) in [6, 6.07) is 0.0419. The summed E-state index contributed by atoms with van der Waals surface area (Å²) in [5, 5.41) is 5.75. The fourth-order valence-corrected chi connectivity index (χ4v) is 2.10. The van der Waals surface area contributed by atoms with Gasteiger partial charge in [-0.2, -0.15) is 0 Å². The Labute approximate surface area is 114 Å². The number of hydrogen-bond donors (Lipinski definition) is 2. The van der Waals surface area contributed by atoms with Gasteiger partial charge in [-0.1, -0.05) is 0 Å². The summed E-state index contributed by atoms with van der Waals surface area (Å²) in [7, 11) is 0. The number of amides is 3. The molecule has 0 aromatic carbocycles. The molecule has 6 heteroatoms. The Hall–Kier alpha value is -1.30. The molecule has 0 aromatic rings. The van der Waals surface area contributed by atoms with Crippen LogP contribution in [0.3, 0.4) is 0 Å². The van der Waals surface area contributed by atoms with Gasteiger partial charge in [0.25, 0.3) is 0 Å². The van der Waals surface area contributed by atoms with E-state index in [9.17, 15) is 9.59 Å². The first kappa shape index (κ1) is 15.8. The maximum atomic E-state index is 11.6. The molecule has 0 unspecified atom stereocenters. The smallest absolute Gasteiger partial charge is 0.315 e. The predicted molar refractivity (Wildman–Crippen MR) is 72.9 cm³/mol. The first-order valence-corrected chi connectivity index (χ1v) is 7.01. The molecule has 2 N–H and O–H groups in total. The molecule has 0 aromatic heterocycles. The quantitative estimate of drug-likeness (QED) is 0.699. The van der Waals surface area contributed by atoms with Crippen molar-refractivity contribution < 1.29 is 14.3 Å². The molecule has 0 bridgehead atoms. The lowest BCUT2D eigenvalue weighted by atomic mass is 10.1. The molecule has 1 aliphatic rings. The SMILES string of the molecule is CCOCCCNC(=O)NC1CCN(C(C)=O)CC1. The number of rotatable bonds is 6. The molecule has 6 nitrogen and oxygen atoms in total. The Balaban J connectivity index is 2.08. The van der Waals surface area contributed by atoms with Gasteiger partial charge in [-0.05, 0) is 26.2 Å². The van der Waals surface area contributed by atoms with Crippen LogP contribution in [0.5, 0.6) is 0 Å². The average molecular weight is 271 g/mol. The van der Waals surface area contributed by atoms with Crippen molar-refractivity contribution in [3.63, 3.8) is 0 Å². The van der Waals surface area contributed by atoms with Crippen molar-refractivity contribution in [1.29, 1.82) is 0 Å². The number of hydrogen-bond acceptors (Lipinski definition) is 3. The number of carbonyl (C=O) groups excluding carboxylic acids is 2. The molecule has 0 saturated carbocycles. The number of ether oxygens (including phenoxy) is 1. The topological polar surface area (TPSA) is 70.7 Å². The van der Waals surface area contributed by atoms with Gasteiger partial charge in [0.2, 0.25) is 5.91 Å². The highest BCUT2D eigenvalue weighted by Crippen LogP contribution is 2.09. The summed E-state index contributed by atoms with van der Waals surface area (Å²) in [5.41, 5.74) is 0. The van der Waals surface area contributed by atoms with E-state index in [-0.39, 0.29) is 18.0 Å². The normalized spacial score (nSPS) is 16.2. The van der Waals surface area contributed by atoms with Crippen molar-refractivity contribution in [2.24, 2.45) is 0 Å². The summed E-state index contributed by atoms with van der Waals surface area (Å²) in [6.07, 6.45) is 2.47. The third-order valence-corrected chi connectivity index (χ3v) is 3.23. The Bertz CT molecular complexity index is 289. The van der Waals surface area contributed by atoms with Crippen LogP contribution in [0.4, 0.5) is 4.79 Å². The number of carbonyl (C=O) groups is 2. The standard InChI is InChI=1S/C13H25N3O3/c1-3-19-10-4-7-14-13(18)15-12-5-8-16(9-6-12)11(2)17/h12H,3-10H2,1-2H3,(H2,14,15,18). The van der Waals surface area contributed by atoms with Crippen molar-refractivity contribution in [1.82, 2.24) is 15.5 Å². The summed E-state index contributed by atoms with van der Waals surface area (Å²) < 4.78 is 5.19. The van der Waals surface area contributed by atoms with Crippen LogP contribution >= 0.6 is 0 Å². The minimum atomic E-state index is -0.127. The first-order valence-electron chi connectivity index (χ1n) is 7.01. The first-order chi connectivity index (χ1) is 9.13. The van der Waals surface area contributed by atoms with E-state index < -0.39 is 0 Å². The van der Waals surface area contributed by atoms with Gasteiger partial charge >= 0.3 is 6.03 Å². The van der Waals surface area contributed by atoms with Crippen LogP contribution < -0.4 is 10.6 Å². The van der Waals surface area contributed by atoms with Crippen molar-refractivity contribution in [2.45, 2.75) is 39.2 Å². The van der Waals surface area contributed by atoms with E-state index in [1.165, 1.54) is 0 Å². The third-order valence-electron chi connectivity index (χ3n) is 3.23. The number of nitrogens with one attached hydrogen (secondary N) is 2. The molecule has 1 fully saturated rings. The van der Waals surface area contributed by atoms with Gasteiger partial charge in [0, 0.05) is 45.8 Å². The summed E-state index contributed by atoms with van der Waals surface area (Å²) in [4.78, 5) is 24.6. The predicted octanol–water partition coefficient (Wildman–Crippen LogP) is 0.723. The van der Waals surface area contributed by atoms with Crippen LogP contribution in [0.25, 0.3) is 0 Å². The lowest BCUT2D eigenvalue weighted by Crippen LogP contribution is -2.48. The Morgan fingerprint density at radius 2 is 2.00 bits per heavy atom. The summed E-state index contributed by atoms with van der Waals surface area (Å²) >= 11 is 0. The van der Waals surface area contributed by atoms with E-state index >= 15 is 0 Å². The van der Waals surface area contributed by atoms with E-state index in [1.807, 2.05) is 11.8 Å². The van der Waals surface area contributed by atoms with Gasteiger partial charge in [0.05, 0.1) is 0 Å². The maximum Gasteiger partial charge on any atom is 0.315 e. The number of likely N-dealkylation sites (tertiary alicyclic amines) is 1. The van der Waals surface area contributed by atoms with Crippen LogP contribution in [0.1, 0.15) is 33.1 Å². The molecule has 0 spiro atoms. The second-order valence-electron chi connectivity index (χ2n) is 4.73. The van der Waals surface area contributed by atoms with E-state index in [0.29, 0.717) is 19.8 Å². The Morgan fingerprint density at radius 3 is 2.58 bits per heavy atom.